The normalized spacial score (nSPS) is 24.8. The van der Waals surface area contributed by atoms with Crippen molar-refractivity contribution in [1.82, 2.24) is 0 Å². The molecule has 1 saturated heterocycles. The standard InChI is InChI=1S/C14H11ClN2O4/c15-8-4-5-11-12(6-8)14(19)16(13(11)18)9-2-1-3-10(7-9)17(20)21/h1-4,7,11-12H,5-6H2/t11-,12-/m0/s1. The number of benzene rings is 1. The quantitative estimate of drug-likeness (QED) is 0.478. The zero-order valence-corrected chi connectivity index (χ0v) is 11.6. The summed E-state index contributed by atoms with van der Waals surface area (Å²) >= 11 is 5.95. The second-order valence-corrected chi connectivity index (χ2v) is 5.58. The highest BCUT2D eigenvalue weighted by molar-refractivity contribution is 6.30. The molecule has 7 heteroatoms. The lowest BCUT2D eigenvalue weighted by Gasteiger charge is -2.17. The lowest BCUT2D eigenvalue weighted by atomic mass is 9.85. The molecule has 1 aromatic rings. The van der Waals surface area contributed by atoms with Crippen molar-refractivity contribution in [3.63, 3.8) is 0 Å². The second kappa shape index (κ2) is 4.96. The number of nitrogens with zero attached hydrogens (tertiary/aromatic N) is 2. The molecular formula is C14H11ClN2O4. The Kier molecular flexibility index (Phi) is 3.25. The van der Waals surface area contributed by atoms with E-state index in [1.807, 2.05) is 0 Å². The van der Waals surface area contributed by atoms with Crippen LogP contribution in [0.15, 0.2) is 35.4 Å². The van der Waals surface area contributed by atoms with E-state index in [-0.39, 0.29) is 23.2 Å². The SMILES string of the molecule is O=C1[C@H]2CC=C(Cl)C[C@@H]2C(=O)N1c1cccc([N+](=O)[O-])c1. The molecule has 0 N–H and O–H groups in total. The Morgan fingerprint density at radius 3 is 2.67 bits per heavy atom. The number of allylic oxidation sites excluding steroid dienone is 2. The molecule has 6 nitrogen and oxygen atoms in total. The van der Waals surface area contributed by atoms with Gasteiger partial charge in [0.05, 0.1) is 22.4 Å². The van der Waals surface area contributed by atoms with Crippen LogP contribution in [-0.4, -0.2) is 16.7 Å². The number of hydrogen-bond donors (Lipinski definition) is 0. The van der Waals surface area contributed by atoms with Crippen LogP contribution in [0.25, 0.3) is 0 Å². The fourth-order valence-electron chi connectivity index (χ4n) is 2.83. The first kappa shape index (κ1) is 13.8. The van der Waals surface area contributed by atoms with E-state index in [0.29, 0.717) is 17.9 Å². The molecule has 21 heavy (non-hydrogen) atoms. The highest BCUT2D eigenvalue weighted by Crippen LogP contribution is 2.41. The third-order valence-electron chi connectivity index (χ3n) is 3.87. The largest absolute Gasteiger partial charge is 0.274 e. The third kappa shape index (κ3) is 2.21. The number of non-ortho nitro benzene ring substituents is 1. The molecule has 2 atom stereocenters. The van der Waals surface area contributed by atoms with Crippen molar-refractivity contribution >= 4 is 34.8 Å². The van der Waals surface area contributed by atoms with Crippen LogP contribution in [-0.2, 0) is 9.59 Å². The van der Waals surface area contributed by atoms with E-state index >= 15 is 0 Å². The second-order valence-electron chi connectivity index (χ2n) is 5.09. The van der Waals surface area contributed by atoms with Crippen molar-refractivity contribution in [2.24, 2.45) is 11.8 Å². The highest BCUT2D eigenvalue weighted by Gasteiger charge is 2.49. The van der Waals surface area contributed by atoms with Crippen LogP contribution in [0.4, 0.5) is 11.4 Å². The monoisotopic (exact) mass is 306 g/mol. The van der Waals surface area contributed by atoms with Gasteiger partial charge in [0.15, 0.2) is 0 Å². The van der Waals surface area contributed by atoms with Crippen LogP contribution in [0.2, 0.25) is 0 Å². The van der Waals surface area contributed by atoms with Crippen molar-refractivity contribution < 1.29 is 14.5 Å². The van der Waals surface area contributed by atoms with Gasteiger partial charge in [-0.3, -0.25) is 19.7 Å². The van der Waals surface area contributed by atoms with Crippen molar-refractivity contribution in [3.05, 3.63) is 45.5 Å². The Morgan fingerprint density at radius 2 is 1.95 bits per heavy atom. The van der Waals surface area contributed by atoms with Gasteiger partial charge in [0.2, 0.25) is 11.8 Å². The maximum absolute atomic E-state index is 12.4. The smallest absolute Gasteiger partial charge is 0.271 e. The summed E-state index contributed by atoms with van der Waals surface area (Å²) in [6.07, 6.45) is 2.53. The van der Waals surface area contributed by atoms with Crippen molar-refractivity contribution in [2.75, 3.05) is 4.90 Å². The van der Waals surface area contributed by atoms with Crippen LogP contribution in [0, 0.1) is 22.0 Å². The minimum atomic E-state index is -0.556. The predicted molar refractivity (Wildman–Crippen MR) is 75.7 cm³/mol. The Balaban J connectivity index is 1.97. The molecule has 0 bridgehead atoms. The maximum atomic E-state index is 12.4. The maximum Gasteiger partial charge on any atom is 0.271 e. The summed E-state index contributed by atoms with van der Waals surface area (Å²) in [7, 11) is 0. The fourth-order valence-corrected chi connectivity index (χ4v) is 3.08. The molecule has 2 aliphatic rings. The molecule has 0 spiro atoms. The van der Waals surface area contributed by atoms with Crippen molar-refractivity contribution in [2.45, 2.75) is 12.8 Å². The van der Waals surface area contributed by atoms with Gasteiger partial charge >= 0.3 is 0 Å². The number of nitro benzene ring substituents is 1. The Labute approximate surface area is 125 Å². The van der Waals surface area contributed by atoms with E-state index in [1.54, 1.807) is 6.08 Å². The molecule has 0 unspecified atom stereocenters. The first-order chi connectivity index (χ1) is 9.99. The summed E-state index contributed by atoms with van der Waals surface area (Å²) in [5.41, 5.74) is 0.0869. The van der Waals surface area contributed by atoms with E-state index < -0.39 is 16.8 Å². The van der Waals surface area contributed by atoms with Gasteiger partial charge in [0.1, 0.15) is 0 Å². The van der Waals surface area contributed by atoms with Gasteiger partial charge in [-0.1, -0.05) is 23.7 Å². The topological polar surface area (TPSA) is 80.5 Å². The average molecular weight is 307 g/mol. The molecule has 108 valence electrons. The van der Waals surface area contributed by atoms with E-state index in [4.69, 9.17) is 11.6 Å². The predicted octanol–water partition coefficient (Wildman–Crippen LogP) is 2.62. The Hall–Kier alpha value is -2.21. The van der Waals surface area contributed by atoms with Crippen LogP contribution in [0.3, 0.4) is 0 Å². The number of carbonyl (C=O) groups is 2. The van der Waals surface area contributed by atoms with Gasteiger partial charge in [-0.2, -0.15) is 0 Å². The van der Waals surface area contributed by atoms with Gasteiger partial charge in [0, 0.05) is 17.2 Å². The van der Waals surface area contributed by atoms with Crippen LogP contribution >= 0.6 is 11.6 Å². The molecule has 1 fully saturated rings. The summed E-state index contributed by atoms with van der Waals surface area (Å²) in [5.74, 6) is -1.53. The molecular weight excluding hydrogens is 296 g/mol. The Bertz CT molecular complexity index is 685. The minimum absolute atomic E-state index is 0.154. The Morgan fingerprint density at radius 1 is 1.24 bits per heavy atom. The average Bonchev–Trinajstić information content (AvgIpc) is 2.70. The van der Waals surface area contributed by atoms with Crippen LogP contribution < -0.4 is 4.90 Å². The third-order valence-corrected chi connectivity index (χ3v) is 4.18. The minimum Gasteiger partial charge on any atom is -0.274 e. The van der Waals surface area contributed by atoms with Crippen LogP contribution in [0.5, 0.6) is 0 Å². The zero-order chi connectivity index (χ0) is 15.1. The summed E-state index contributed by atoms with van der Waals surface area (Å²) in [6.45, 7) is 0. The number of fused-ring (bicyclic) bond motifs is 1. The molecule has 0 aromatic heterocycles. The number of rotatable bonds is 2. The highest BCUT2D eigenvalue weighted by atomic mass is 35.5. The number of hydrogen-bond acceptors (Lipinski definition) is 4. The number of carbonyl (C=O) groups excluding carboxylic acids is 2. The molecule has 1 heterocycles. The molecule has 0 radical (unpaired) electrons. The summed E-state index contributed by atoms with van der Waals surface area (Å²) < 4.78 is 0. The molecule has 1 aromatic carbocycles. The van der Waals surface area contributed by atoms with Crippen molar-refractivity contribution in [1.29, 1.82) is 0 Å². The number of nitro groups is 1. The summed E-state index contributed by atoms with van der Waals surface area (Å²) in [4.78, 5) is 36.1. The molecule has 2 amide bonds. The van der Waals surface area contributed by atoms with Crippen LogP contribution in [0.1, 0.15) is 12.8 Å². The van der Waals surface area contributed by atoms with Gasteiger partial charge in [-0.25, -0.2) is 4.90 Å². The molecule has 3 rings (SSSR count). The molecule has 1 aliphatic heterocycles. The first-order valence-electron chi connectivity index (χ1n) is 6.46. The van der Waals surface area contributed by atoms with Gasteiger partial charge < -0.3 is 0 Å². The van der Waals surface area contributed by atoms with Gasteiger partial charge in [-0.05, 0) is 18.9 Å². The van der Waals surface area contributed by atoms with Gasteiger partial charge in [0.25, 0.3) is 5.69 Å². The molecule has 1 aliphatic carbocycles. The summed E-state index contributed by atoms with van der Waals surface area (Å²) in [6, 6.07) is 5.54. The lowest BCUT2D eigenvalue weighted by molar-refractivity contribution is -0.384. The van der Waals surface area contributed by atoms with E-state index in [0.717, 1.165) is 4.90 Å². The first-order valence-corrected chi connectivity index (χ1v) is 6.83. The summed E-state index contributed by atoms with van der Waals surface area (Å²) in [5, 5.41) is 11.4. The van der Waals surface area contributed by atoms with E-state index in [1.165, 1.54) is 24.3 Å². The zero-order valence-electron chi connectivity index (χ0n) is 10.9. The van der Waals surface area contributed by atoms with Gasteiger partial charge in [-0.15, -0.1) is 0 Å². The van der Waals surface area contributed by atoms with E-state index in [9.17, 15) is 19.7 Å². The lowest BCUT2D eigenvalue weighted by Crippen LogP contribution is -2.30. The number of halogens is 1. The number of amides is 2. The fraction of sp³-hybridized carbons (Fsp3) is 0.286. The number of imide groups is 1. The number of anilines is 1. The van der Waals surface area contributed by atoms with E-state index in [2.05, 4.69) is 0 Å². The molecule has 0 saturated carbocycles. The van der Waals surface area contributed by atoms with Crippen molar-refractivity contribution in [3.8, 4) is 0 Å².